The predicted molar refractivity (Wildman–Crippen MR) is 113 cm³/mol. The number of hydrogen-bond acceptors (Lipinski definition) is 5. The van der Waals surface area contributed by atoms with Crippen LogP contribution in [0.4, 0.5) is 5.69 Å². The van der Waals surface area contributed by atoms with Gasteiger partial charge in [0.15, 0.2) is 0 Å². The molecule has 0 radical (unpaired) electrons. The third-order valence-electron chi connectivity index (χ3n) is 5.11. The van der Waals surface area contributed by atoms with Gasteiger partial charge >= 0.3 is 0 Å². The molecule has 150 valence electrons. The van der Waals surface area contributed by atoms with Crippen molar-refractivity contribution in [3.05, 3.63) is 95.3 Å². The molecule has 0 aliphatic carbocycles. The summed E-state index contributed by atoms with van der Waals surface area (Å²) in [6.07, 6.45) is 3.18. The number of Topliss-reactive ketones (excluding diaryl/α,β-unsaturated/α-hetero) is 1. The molecule has 0 spiro atoms. The Labute approximate surface area is 174 Å². The van der Waals surface area contributed by atoms with Crippen LogP contribution in [0.25, 0.3) is 5.76 Å². The van der Waals surface area contributed by atoms with Gasteiger partial charge < -0.3 is 9.84 Å². The van der Waals surface area contributed by atoms with Crippen LogP contribution < -0.4 is 9.64 Å². The normalized spacial score (nSPS) is 17.9. The molecule has 2 heterocycles. The Morgan fingerprint density at radius 1 is 1.03 bits per heavy atom. The van der Waals surface area contributed by atoms with Crippen molar-refractivity contribution in [3.8, 4) is 5.75 Å². The van der Waals surface area contributed by atoms with E-state index in [1.54, 1.807) is 54.9 Å². The zero-order chi connectivity index (χ0) is 21.3. The van der Waals surface area contributed by atoms with Crippen LogP contribution in [0.5, 0.6) is 5.75 Å². The molecule has 1 aliphatic rings. The first-order valence-corrected chi connectivity index (χ1v) is 9.44. The molecular formula is C24H20N2O4. The Morgan fingerprint density at radius 2 is 1.77 bits per heavy atom. The first-order valence-electron chi connectivity index (χ1n) is 9.44. The van der Waals surface area contributed by atoms with Crippen molar-refractivity contribution in [1.29, 1.82) is 0 Å². The third-order valence-corrected chi connectivity index (χ3v) is 5.11. The maximum absolute atomic E-state index is 13.1. The number of carbonyl (C=O) groups excluding carboxylic acids is 2. The van der Waals surface area contributed by atoms with E-state index in [0.717, 1.165) is 5.56 Å². The molecule has 1 atom stereocenters. The monoisotopic (exact) mass is 400 g/mol. The highest BCUT2D eigenvalue weighted by molar-refractivity contribution is 6.51. The molecule has 1 N–H and O–H groups in total. The van der Waals surface area contributed by atoms with Crippen molar-refractivity contribution in [2.24, 2.45) is 0 Å². The lowest BCUT2D eigenvalue weighted by Crippen LogP contribution is -2.29. The third kappa shape index (κ3) is 3.22. The van der Waals surface area contributed by atoms with E-state index >= 15 is 0 Å². The summed E-state index contributed by atoms with van der Waals surface area (Å²) >= 11 is 0. The number of aryl methyl sites for hydroxylation is 1. The first kappa shape index (κ1) is 19.4. The summed E-state index contributed by atoms with van der Waals surface area (Å²) in [5, 5.41) is 11.2. The number of benzene rings is 2. The van der Waals surface area contributed by atoms with Gasteiger partial charge in [-0.25, -0.2) is 0 Å². The number of ketones is 1. The van der Waals surface area contributed by atoms with Gasteiger partial charge in [0, 0.05) is 18.1 Å². The van der Waals surface area contributed by atoms with Crippen molar-refractivity contribution in [3.63, 3.8) is 0 Å². The number of anilines is 1. The zero-order valence-corrected chi connectivity index (χ0v) is 16.6. The molecule has 2 aromatic carbocycles. The average Bonchev–Trinajstić information content (AvgIpc) is 3.04. The molecule has 1 aromatic heterocycles. The second-order valence-corrected chi connectivity index (χ2v) is 6.99. The highest BCUT2D eigenvalue weighted by Crippen LogP contribution is 2.43. The average molecular weight is 400 g/mol. The Kier molecular flexibility index (Phi) is 5.06. The summed E-state index contributed by atoms with van der Waals surface area (Å²) in [4.78, 5) is 31.6. The summed E-state index contributed by atoms with van der Waals surface area (Å²) < 4.78 is 5.34. The highest BCUT2D eigenvalue weighted by Gasteiger charge is 2.47. The molecule has 1 fully saturated rings. The van der Waals surface area contributed by atoms with E-state index in [9.17, 15) is 14.7 Å². The number of ether oxygens (including phenoxy) is 1. The minimum atomic E-state index is -0.792. The molecule has 0 bridgehead atoms. The molecule has 1 unspecified atom stereocenters. The van der Waals surface area contributed by atoms with Crippen LogP contribution in [0.3, 0.4) is 0 Å². The van der Waals surface area contributed by atoms with Crippen LogP contribution in [-0.2, 0) is 9.59 Å². The molecule has 4 rings (SSSR count). The van der Waals surface area contributed by atoms with Crippen LogP contribution in [0, 0.1) is 6.92 Å². The van der Waals surface area contributed by atoms with Crippen LogP contribution in [0.1, 0.15) is 22.7 Å². The van der Waals surface area contributed by atoms with E-state index in [4.69, 9.17) is 4.74 Å². The smallest absolute Gasteiger partial charge is 0.300 e. The standard InChI is InChI=1S/C24H20N2O4/c1-15-6-5-7-17(14-15)26-21(16-10-12-25-13-11-16)20(23(28)24(26)29)22(27)18-8-3-4-9-19(18)30-2/h3-14,21,27H,1-2H3/b22-20+. The van der Waals surface area contributed by atoms with Crippen molar-refractivity contribution in [1.82, 2.24) is 4.98 Å². The number of nitrogens with zero attached hydrogens (tertiary/aromatic N) is 2. The van der Waals surface area contributed by atoms with Gasteiger partial charge in [0.1, 0.15) is 11.5 Å². The fourth-order valence-corrected chi connectivity index (χ4v) is 3.72. The lowest BCUT2D eigenvalue weighted by atomic mass is 9.95. The lowest BCUT2D eigenvalue weighted by Gasteiger charge is -2.25. The quantitative estimate of drug-likeness (QED) is 0.406. The summed E-state index contributed by atoms with van der Waals surface area (Å²) in [6.45, 7) is 1.91. The van der Waals surface area contributed by atoms with E-state index in [2.05, 4.69) is 4.98 Å². The number of aliphatic hydroxyl groups excluding tert-OH is 1. The van der Waals surface area contributed by atoms with Crippen molar-refractivity contribution < 1.29 is 19.4 Å². The van der Waals surface area contributed by atoms with Gasteiger partial charge in [0.25, 0.3) is 11.7 Å². The van der Waals surface area contributed by atoms with Crippen LogP contribution in [0.2, 0.25) is 0 Å². The number of para-hydroxylation sites is 1. The van der Waals surface area contributed by atoms with Crippen molar-refractivity contribution in [2.75, 3.05) is 12.0 Å². The van der Waals surface area contributed by atoms with Gasteiger partial charge in [0.05, 0.1) is 24.3 Å². The molecule has 30 heavy (non-hydrogen) atoms. The summed E-state index contributed by atoms with van der Waals surface area (Å²) in [5.74, 6) is -1.31. The summed E-state index contributed by atoms with van der Waals surface area (Å²) in [6, 6.07) is 16.9. The fraction of sp³-hybridized carbons (Fsp3) is 0.125. The molecule has 1 aliphatic heterocycles. The number of aliphatic hydroxyl groups is 1. The Hall–Kier alpha value is -3.93. The van der Waals surface area contributed by atoms with Gasteiger partial charge in [-0.2, -0.15) is 0 Å². The number of carbonyl (C=O) groups is 2. The maximum Gasteiger partial charge on any atom is 0.300 e. The number of hydrogen-bond donors (Lipinski definition) is 1. The van der Waals surface area contributed by atoms with Gasteiger partial charge in [-0.15, -0.1) is 0 Å². The second-order valence-electron chi connectivity index (χ2n) is 6.99. The fourth-order valence-electron chi connectivity index (χ4n) is 3.72. The molecule has 1 saturated heterocycles. The highest BCUT2D eigenvalue weighted by atomic mass is 16.5. The number of amides is 1. The number of methoxy groups -OCH3 is 1. The largest absolute Gasteiger partial charge is 0.507 e. The summed E-state index contributed by atoms with van der Waals surface area (Å²) in [5.41, 5.74) is 2.56. The topological polar surface area (TPSA) is 79.7 Å². The van der Waals surface area contributed by atoms with E-state index in [0.29, 0.717) is 22.6 Å². The van der Waals surface area contributed by atoms with E-state index in [1.807, 2.05) is 25.1 Å². The molecule has 0 saturated carbocycles. The van der Waals surface area contributed by atoms with E-state index in [1.165, 1.54) is 12.0 Å². The van der Waals surface area contributed by atoms with E-state index < -0.39 is 17.7 Å². The molecular weight excluding hydrogens is 380 g/mol. The van der Waals surface area contributed by atoms with Gasteiger partial charge in [-0.3, -0.25) is 19.5 Å². The van der Waals surface area contributed by atoms with Crippen molar-refractivity contribution >= 4 is 23.1 Å². The second kappa shape index (κ2) is 7.83. The minimum absolute atomic E-state index is 0.0113. The predicted octanol–water partition coefficient (Wildman–Crippen LogP) is 4.02. The minimum Gasteiger partial charge on any atom is -0.507 e. The number of aromatic nitrogens is 1. The number of pyridine rings is 1. The maximum atomic E-state index is 13.1. The van der Waals surface area contributed by atoms with Crippen LogP contribution in [-0.4, -0.2) is 28.9 Å². The van der Waals surface area contributed by atoms with Gasteiger partial charge in [-0.05, 0) is 54.4 Å². The Balaban J connectivity index is 1.97. The van der Waals surface area contributed by atoms with Crippen LogP contribution >= 0.6 is 0 Å². The van der Waals surface area contributed by atoms with E-state index in [-0.39, 0.29) is 11.3 Å². The van der Waals surface area contributed by atoms with Gasteiger partial charge in [0.2, 0.25) is 0 Å². The summed E-state index contributed by atoms with van der Waals surface area (Å²) in [7, 11) is 1.48. The van der Waals surface area contributed by atoms with Gasteiger partial charge in [-0.1, -0.05) is 24.3 Å². The van der Waals surface area contributed by atoms with Crippen LogP contribution in [0.15, 0.2) is 78.6 Å². The molecule has 1 amide bonds. The number of rotatable bonds is 4. The SMILES string of the molecule is COc1ccccc1/C(O)=C1\C(=O)C(=O)N(c2cccc(C)c2)C1c1ccncc1. The zero-order valence-electron chi connectivity index (χ0n) is 16.6. The molecule has 6 heteroatoms. The molecule has 6 nitrogen and oxygen atoms in total. The Bertz CT molecular complexity index is 1150. The Morgan fingerprint density at radius 3 is 2.47 bits per heavy atom. The lowest BCUT2D eigenvalue weighted by molar-refractivity contribution is -0.132. The van der Waals surface area contributed by atoms with Crippen molar-refractivity contribution in [2.45, 2.75) is 13.0 Å². The first-order chi connectivity index (χ1) is 14.5. The molecule has 3 aromatic rings.